The van der Waals surface area contributed by atoms with Crippen molar-refractivity contribution in [3.8, 4) is 0 Å². The van der Waals surface area contributed by atoms with Gasteiger partial charge in [-0.2, -0.15) is 8.99 Å². The number of rotatable bonds is 7. The fourth-order valence-corrected chi connectivity index (χ4v) is 4.29. The number of aromatic nitrogens is 2. The summed E-state index contributed by atoms with van der Waals surface area (Å²) in [6.45, 7) is 3.22. The lowest BCUT2D eigenvalue weighted by atomic mass is 10.3. The van der Waals surface area contributed by atoms with Crippen LogP contribution in [-0.2, 0) is 26.1 Å². The lowest BCUT2D eigenvalue weighted by Crippen LogP contribution is -2.40. The van der Waals surface area contributed by atoms with Crippen LogP contribution in [0, 0.1) is 17.0 Å². The molecule has 2 aromatic rings. The van der Waals surface area contributed by atoms with Crippen LogP contribution in [0.25, 0.3) is 0 Å². The van der Waals surface area contributed by atoms with Crippen LogP contribution < -0.4 is 5.32 Å². The van der Waals surface area contributed by atoms with Gasteiger partial charge >= 0.3 is 5.82 Å². The van der Waals surface area contributed by atoms with Gasteiger partial charge in [-0.05, 0) is 36.1 Å². The third-order valence-corrected chi connectivity index (χ3v) is 6.36. The summed E-state index contributed by atoms with van der Waals surface area (Å²) < 4.78 is 33.1. The first kappa shape index (κ1) is 20.9. The number of carbonyl (C=O) groups excluding carboxylic acids is 1. The van der Waals surface area contributed by atoms with E-state index in [1.807, 2.05) is 0 Å². The van der Waals surface area contributed by atoms with Gasteiger partial charge in [0.1, 0.15) is 0 Å². The Hall–Kier alpha value is -2.83. The number of carbonyl (C=O) groups is 1. The van der Waals surface area contributed by atoms with E-state index in [4.69, 9.17) is 4.74 Å². The molecule has 0 aliphatic carbocycles. The second kappa shape index (κ2) is 8.68. The van der Waals surface area contributed by atoms with Gasteiger partial charge < -0.3 is 20.2 Å². The van der Waals surface area contributed by atoms with Gasteiger partial charge in [0.05, 0.1) is 41.5 Å². The summed E-state index contributed by atoms with van der Waals surface area (Å²) in [5.41, 5.74) is 1.04. The fourth-order valence-electron chi connectivity index (χ4n) is 2.89. The summed E-state index contributed by atoms with van der Waals surface area (Å²) in [7, 11) is -3.59. The van der Waals surface area contributed by atoms with Crippen LogP contribution in [0.5, 0.6) is 0 Å². The van der Waals surface area contributed by atoms with Crippen LogP contribution in [-0.4, -0.2) is 59.6 Å². The highest BCUT2D eigenvalue weighted by atomic mass is 32.2. The molecule has 0 bridgehead atoms. The third-order valence-electron chi connectivity index (χ3n) is 4.45. The van der Waals surface area contributed by atoms with Crippen LogP contribution in [0.4, 0.5) is 11.5 Å². The molecule has 0 spiro atoms. The maximum Gasteiger partial charge on any atom is 0.390 e. The molecule has 0 saturated carbocycles. The fraction of sp³-hybridized carbons (Fsp3) is 0.412. The first-order chi connectivity index (χ1) is 13.8. The van der Waals surface area contributed by atoms with E-state index in [9.17, 15) is 23.3 Å². The van der Waals surface area contributed by atoms with E-state index < -0.39 is 14.9 Å². The minimum atomic E-state index is -3.59. The highest BCUT2D eigenvalue weighted by Crippen LogP contribution is 2.19. The minimum Gasteiger partial charge on any atom is -0.379 e. The molecule has 1 fully saturated rings. The molecule has 0 unspecified atom stereocenters. The van der Waals surface area contributed by atoms with E-state index in [1.54, 1.807) is 6.92 Å². The first-order valence-corrected chi connectivity index (χ1v) is 10.4. The Kier molecular flexibility index (Phi) is 6.25. The van der Waals surface area contributed by atoms with Crippen molar-refractivity contribution in [2.24, 2.45) is 0 Å². The second-order valence-corrected chi connectivity index (χ2v) is 8.40. The number of anilines is 1. The molecule has 1 N–H and O–H groups in total. The molecular weight excluding hydrogens is 402 g/mol. The predicted octanol–water partition coefficient (Wildman–Crippen LogP) is 1.15. The molecule has 12 heteroatoms. The molecule has 0 atom stereocenters. The van der Waals surface area contributed by atoms with Gasteiger partial charge in [0.15, 0.2) is 0 Å². The van der Waals surface area contributed by atoms with E-state index >= 15 is 0 Å². The van der Waals surface area contributed by atoms with E-state index in [-0.39, 0.29) is 29.6 Å². The summed E-state index contributed by atoms with van der Waals surface area (Å²) >= 11 is 0. The monoisotopic (exact) mass is 423 g/mol. The average molecular weight is 423 g/mol. The van der Waals surface area contributed by atoms with Crippen molar-refractivity contribution in [1.82, 2.24) is 14.1 Å². The number of hydrogen-bond donors (Lipinski definition) is 1. The van der Waals surface area contributed by atoms with Gasteiger partial charge in [0.2, 0.25) is 15.9 Å². The van der Waals surface area contributed by atoms with Gasteiger partial charge in [-0.1, -0.05) is 0 Å². The maximum absolute atomic E-state index is 12.6. The number of amides is 1. The van der Waals surface area contributed by atoms with Crippen molar-refractivity contribution in [1.29, 1.82) is 0 Å². The van der Waals surface area contributed by atoms with Crippen LogP contribution in [0.2, 0.25) is 0 Å². The molecule has 1 saturated heterocycles. The molecule has 1 aromatic carbocycles. The zero-order valence-corrected chi connectivity index (χ0v) is 16.6. The van der Waals surface area contributed by atoms with Crippen LogP contribution in [0.3, 0.4) is 0 Å². The highest BCUT2D eigenvalue weighted by Gasteiger charge is 2.26. The standard InChI is InChI=1S/C17H21N5O6S/c1-13-12-16(22(24)25)19-21(13)7-6-17(23)18-14-2-4-15(5-3-14)29(26,27)20-8-10-28-11-9-20/h2-5,12H,6-11H2,1H3,(H,18,23). The number of morpholine rings is 1. The molecule has 11 nitrogen and oxygen atoms in total. The molecule has 2 heterocycles. The van der Waals surface area contributed by atoms with Gasteiger partial charge in [0, 0.05) is 25.2 Å². The van der Waals surface area contributed by atoms with Crippen molar-refractivity contribution in [3.63, 3.8) is 0 Å². The third kappa shape index (κ3) is 4.96. The van der Waals surface area contributed by atoms with Crippen molar-refractivity contribution in [2.45, 2.75) is 24.8 Å². The zero-order valence-electron chi connectivity index (χ0n) is 15.8. The summed E-state index contributed by atoms with van der Waals surface area (Å²) in [5, 5.41) is 17.2. The molecule has 1 aliphatic heterocycles. The van der Waals surface area contributed by atoms with Crippen LogP contribution in [0.1, 0.15) is 12.1 Å². The summed E-state index contributed by atoms with van der Waals surface area (Å²) in [6, 6.07) is 7.28. The molecule has 156 valence electrons. The number of sulfonamides is 1. The molecule has 3 rings (SSSR count). The summed E-state index contributed by atoms with van der Waals surface area (Å²) in [5.74, 6) is -0.577. The molecule has 1 aromatic heterocycles. The second-order valence-electron chi connectivity index (χ2n) is 6.46. The lowest BCUT2D eigenvalue weighted by molar-refractivity contribution is -0.389. The average Bonchev–Trinajstić information content (AvgIpc) is 3.08. The van der Waals surface area contributed by atoms with Crippen molar-refractivity contribution >= 4 is 27.4 Å². The Bertz CT molecular complexity index is 996. The molecule has 0 radical (unpaired) electrons. The van der Waals surface area contributed by atoms with Crippen LogP contribution in [0.15, 0.2) is 35.2 Å². The summed E-state index contributed by atoms with van der Waals surface area (Å²) in [6.07, 6.45) is 0.0630. The molecular formula is C17H21N5O6S. The predicted molar refractivity (Wildman–Crippen MR) is 103 cm³/mol. The highest BCUT2D eigenvalue weighted by molar-refractivity contribution is 7.89. The number of ether oxygens (including phenoxy) is 1. The molecule has 1 amide bonds. The lowest BCUT2D eigenvalue weighted by Gasteiger charge is -2.26. The van der Waals surface area contributed by atoms with Crippen molar-refractivity contribution < 1.29 is 22.9 Å². The Balaban J connectivity index is 1.58. The maximum atomic E-state index is 12.6. The first-order valence-electron chi connectivity index (χ1n) is 8.94. The Morgan fingerprint density at radius 2 is 1.93 bits per heavy atom. The number of nitro groups is 1. The smallest absolute Gasteiger partial charge is 0.379 e. The van der Waals surface area contributed by atoms with Gasteiger partial charge in [0.25, 0.3) is 0 Å². The number of hydrogen-bond acceptors (Lipinski definition) is 7. The topological polar surface area (TPSA) is 137 Å². The Morgan fingerprint density at radius 3 is 2.52 bits per heavy atom. The number of nitrogens with zero attached hydrogens (tertiary/aromatic N) is 4. The van der Waals surface area contributed by atoms with Crippen molar-refractivity contribution in [2.75, 3.05) is 31.6 Å². The number of benzene rings is 1. The normalized spacial score (nSPS) is 15.2. The Morgan fingerprint density at radius 1 is 1.28 bits per heavy atom. The van der Waals surface area contributed by atoms with Gasteiger partial charge in [-0.15, -0.1) is 0 Å². The SMILES string of the molecule is Cc1cc([N+](=O)[O-])nn1CCC(=O)Nc1ccc(S(=O)(=O)N2CCOCC2)cc1. The summed E-state index contributed by atoms with van der Waals surface area (Å²) in [4.78, 5) is 22.4. The van der Waals surface area contributed by atoms with Crippen LogP contribution >= 0.6 is 0 Å². The number of nitrogens with one attached hydrogen (secondary N) is 1. The number of aryl methyl sites for hydroxylation is 2. The zero-order chi connectivity index (χ0) is 21.0. The van der Waals surface area contributed by atoms with Gasteiger partial charge in [-0.25, -0.2) is 8.42 Å². The van der Waals surface area contributed by atoms with E-state index in [0.29, 0.717) is 37.7 Å². The van der Waals surface area contributed by atoms with Gasteiger partial charge in [-0.3, -0.25) is 4.79 Å². The molecule has 29 heavy (non-hydrogen) atoms. The van der Waals surface area contributed by atoms with E-state index in [0.717, 1.165) is 0 Å². The minimum absolute atomic E-state index is 0.0630. The molecule has 1 aliphatic rings. The van der Waals surface area contributed by atoms with Crippen molar-refractivity contribution in [3.05, 3.63) is 46.1 Å². The Labute approximate surface area is 167 Å². The van der Waals surface area contributed by atoms with E-state index in [1.165, 1.54) is 39.3 Å². The quantitative estimate of drug-likeness (QED) is 0.521. The van der Waals surface area contributed by atoms with E-state index in [2.05, 4.69) is 10.4 Å². The largest absolute Gasteiger partial charge is 0.390 e.